The van der Waals surface area contributed by atoms with Crippen LogP contribution in [0.15, 0.2) is 47.3 Å². The number of nitrogens with zero attached hydrogens (tertiary/aromatic N) is 6. The summed E-state index contributed by atoms with van der Waals surface area (Å²) in [5.41, 5.74) is 2.89. The predicted molar refractivity (Wildman–Crippen MR) is 262 cm³/mol. The maximum absolute atomic E-state index is 14.0. The highest BCUT2D eigenvalue weighted by molar-refractivity contribution is 9.10. The second-order valence-corrected chi connectivity index (χ2v) is 19.0. The molecule has 2 fully saturated rings. The third-order valence-corrected chi connectivity index (χ3v) is 13.0. The molecule has 6 rings (SSSR count). The van der Waals surface area contributed by atoms with E-state index in [1.807, 2.05) is 25.1 Å². The first-order valence-electron chi connectivity index (χ1n) is 23.8. The number of ketones is 3. The summed E-state index contributed by atoms with van der Waals surface area (Å²) in [6, 6.07) is 8.38. The number of anilines is 1. The molecule has 1 saturated heterocycles. The third-order valence-electron chi connectivity index (χ3n) is 12.6. The lowest BCUT2D eigenvalue weighted by molar-refractivity contribution is -0.145. The van der Waals surface area contributed by atoms with Gasteiger partial charge in [-0.1, -0.05) is 26.0 Å². The van der Waals surface area contributed by atoms with Crippen molar-refractivity contribution >= 4 is 73.7 Å². The number of esters is 1. The lowest BCUT2D eigenvalue weighted by atomic mass is 10.0. The molecule has 1 aliphatic carbocycles. The van der Waals surface area contributed by atoms with Crippen molar-refractivity contribution in [3.8, 4) is 11.1 Å². The summed E-state index contributed by atoms with van der Waals surface area (Å²) in [6.45, 7) is 8.62. The maximum atomic E-state index is 14.0. The summed E-state index contributed by atoms with van der Waals surface area (Å²) in [5, 5.41) is 10.8. The first kappa shape index (κ1) is 54.5. The molecule has 3 amide bonds. The zero-order chi connectivity index (χ0) is 51.1. The van der Waals surface area contributed by atoms with Gasteiger partial charge in [-0.25, -0.2) is 15.0 Å². The number of carbonyl (C=O) groups excluding carboxylic acids is 7. The smallest absolute Gasteiger partial charge is 0.308 e. The first-order valence-corrected chi connectivity index (χ1v) is 24.6. The Labute approximate surface area is 420 Å². The molecule has 4 atom stereocenters. The Balaban J connectivity index is 0.847. The van der Waals surface area contributed by atoms with Gasteiger partial charge in [-0.05, 0) is 83.3 Å². The number of aryl methyl sites for hydroxylation is 2. The molecule has 0 unspecified atom stereocenters. The Morgan fingerprint density at radius 2 is 1.58 bits per heavy atom. The molecule has 4 heterocycles. The Hall–Kier alpha value is -5.87. The largest absolute Gasteiger partial charge is 0.469 e. The van der Waals surface area contributed by atoms with Gasteiger partial charge >= 0.3 is 5.97 Å². The third kappa shape index (κ3) is 15.6. The number of ether oxygens (including phenoxy) is 5. The predicted octanol–water partition coefficient (Wildman–Crippen LogP) is 4.80. The van der Waals surface area contributed by atoms with Crippen LogP contribution >= 0.6 is 15.9 Å². The minimum atomic E-state index is -0.674. The summed E-state index contributed by atoms with van der Waals surface area (Å²) in [6.07, 6.45) is 6.87. The van der Waals surface area contributed by atoms with E-state index in [4.69, 9.17) is 18.9 Å². The van der Waals surface area contributed by atoms with Crippen molar-refractivity contribution in [2.45, 2.75) is 97.7 Å². The topological polar surface area (TPSA) is 249 Å². The highest BCUT2D eigenvalue weighted by atomic mass is 79.9. The number of pyridine rings is 1. The molecule has 1 saturated carbocycles. The van der Waals surface area contributed by atoms with Crippen LogP contribution in [-0.2, 0) is 65.4 Å². The van der Waals surface area contributed by atoms with E-state index < -0.39 is 6.04 Å². The number of halogens is 1. The van der Waals surface area contributed by atoms with E-state index in [9.17, 15) is 33.6 Å². The van der Waals surface area contributed by atoms with E-state index in [1.165, 1.54) is 18.7 Å². The van der Waals surface area contributed by atoms with Gasteiger partial charge in [-0.3, -0.25) is 38.2 Å². The summed E-state index contributed by atoms with van der Waals surface area (Å²) in [7, 11) is 1.33. The monoisotopic (exact) mass is 1050 g/mol. The van der Waals surface area contributed by atoms with Gasteiger partial charge < -0.3 is 39.2 Å². The average Bonchev–Trinajstić information content (AvgIpc) is 3.71. The number of piperidine rings is 1. The van der Waals surface area contributed by atoms with Crippen LogP contribution in [0.1, 0.15) is 87.6 Å². The number of Topliss-reactive ketones (excluding diaryl/α,β-unsaturated/α-hetero) is 3. The van der Waals surface area contributed by atoms with Gasteiger partial charge in [-0.2, -0.15) is 5.10 Å². The number of nitrogens with one attached hydrogen (secondary N) is 2. The SMILES string of the molecule is COC(=O)[C@@H](C)CCC(=O)CCCOCCOCC(=O)NCCOCCOCC(=O)CCc1ncc(-c2ccc3c(c2)c(C(C)=O)nn3CC(=O)N2[C@H](C(=O)Nc3nc(Br)ccc3C)C[C@@]3(C)C[C@@H]23)cn1. The molecule has 1 aromatic carbocycles. The quantitative estimate of drug-likeness (QED) is 0.0308. The minimum Gasteiger partial charge on any atom is -0.469 e. The summed E-state index contributed by atoms with van der Waals surface area (Å²) in [5.74, 6) is -0.876. The molecular weight excluding hydrogens is 984 g/mol. The number of carbonyl (C=O) groups is 7. The lowest BCUT2D eigenvalue weighted by Crippen LogP contribution is -2.47. The number of rotatable bonds is 30. The van der Waals surface area contributed by atoms with Gasteiger partial charge in [0.15, 0.2) is 11.6 Å². The van der Waals surface area contributed by atoms with Crippen LogP contribution in [0.4, 0.5) is 5.82 Å². The molecular formula is C50H63BrN8O12. The van der Waals surface area contributed by atoms with Crippen molar-refractivity contribution in [1.29, 1.82) is 0 Å². The number of fused-ring (bicyclic) bond motifs is 2. The van der Waals surface area contributed by atoms with Crippen molar-refractivity contribution in [2.24, 2.45) is 11.3 Å². The zero-order valence-electron chi connectivity index (χ0n) is 41.0. The number of likely N-dealkylation sites (tertiary alicyclic amines) is 1. The van der Waals surface area contributed by atoms with Crippen LogP contribution in [0.2, 0.25) is 0 Å². The van der Waals surface area contributed by atoms with Gasteiger partial charge in [0.05, 0.1) is 51.6 Å². The molecule has 4 aromatic rings. The molecule has 2 N–H and O–H groups in total. The second-order valence-electron chi connectivity index (χ2n) is 18.2. The molecule has 71 heavy (non-hydrogen) atoms. The van der Waals surface area contributed by atoms with E-state index in [2.05, 4.69) is 58.3 Å². The van der Waals surface area contributed by atoms with Crippen LogP contribution in [0, 0.1) is 18.3 Å². The maximum Gasteiger partial charge on any atom is 0.308 e. The fourth-order valence-corrected chi connectivity index (χ4v) is 8.70. The standard InChI is InChI=1S/C50H63BrN8O12/c1-31-9-14-42(51)55-47(31)56-48(65)40-24-50(4)25-41(50)59(40)45(64)28-58-39-13-10-34(23-38(39)46(57-58)33(3)60)35-26-53-43(54-27-35)15-12-37(62)29-70-21-20-69-18-16-52-44(63)30-71-22-19-68-17-6-7-36(61)11-8-32(2)49(66)67-5/h9-10,13-14,23,26-27,32,40-41H,6-8,11-12,15-22,24-25,28-30H2,1-5H3,(H,52,63)(H,55,56,65)/t32-,40-,41+,50-/m0/s1. The Kier molecular flexibility index (Phi) is 20.0. The van der Waals surface area contributed by atoms with E-state index in [-0.39, 0.29) is 123 Å². The van der Waals surface area contributed by atoms with Crippen LogP contribution in [-0.4, -0.2) is 149 Å². The molecule has 0 radical (unpaired) electrons. The average molecular weight is 1050 g/mol. The number of benzene rings is 1. The Morgan fingerprint density at radius 3 is 2.31 bits per heavy atom. The van der Waals surface area contributed by atoms with Gasteiger partial charge in [0, 0.05) is 75.1 Å². The molecule has 1 aliphatic heterocycles. The van der Waals surface area contributed by atoms with E-state index in [0.717, 1.165) is 17.5 Å². The van der Waals surface area contributed by atoms with Crippen LogP contribution in [0.3, 0.4) is 0 Å². The van der Waals surface area contributed by atoms with Gasteiger partial charge in [0.1, 0.15) is 53.5 Å². The second kappa shape index (κ2) is 26.0. The van der Waals surface area contributed by atoms with Gasteiger partial charge in [-0.15, -0.1) is 0 Å². The minimum absolute atomic E-state index is 0.0668. The highest BCUT2D eigenvalue weighted by Gasteiger charge is 2.64. The van der Waals surface area contributed by atoms with Crippen LogP contribution in [0.25, 0.3) is 22.0 Å². The van der Waals surface area contributed by atoms with Gasteiger partial charge in [0.25, 0.3) is 0 Å². The molecule has 2 aliphatic rings. The van der Waals surface area contributed by atoms with Crippen LogP contribution < -0.4 is 10.6 Å². The summed E-state index contributed by atoms with van der Waals surface area (Å²) >= 11 is 3.36. The van der Waals surface area contributed by atoms with Crippen molar-refractivity contribution in [1.82, 2.24) is 34.9 Å². The van der Waals surface area contributed by atoms with E-state index in [1.54, 1.807) is 36.4 Å². The summed E-state index contributed by atoms with van der Waals surface area (Å²) < 4.78 is 28.5. The Morgan fingerprint density at radius 1 is 0.859 bits per heavy atom. The molecule has 0 bridgehead atoms. The fraction of sp³-hybridized carbons (Fsp3) is 0.540. The fourth-order valence-electron chi connectivity index (χ4n) is 8.39. The molecule has 0 spiro atoms. The number of amides is 3. The normalized spacial score (nSPS) is 17.4. The van der Waals surface area contributed by atoms with Crippen molar-refractivity contribution in [3.05, 3.63) is 64.4 Å². The van der Waals surface area contributed by atoms with Crippen molar-refractivity contribution in [3.63, 3.8) is 0 Å². The first-order chi connectivity index (χ1) is 34.1. The van der Waals surface area contributed by atoms with Crippen molar-refractivity contribution in [2.75, 3.05) is 71.8 Å². The lowest BCUT2D eigenvalue weighted by Gasteiger charge is -2.27. The number of hydrogen-bond donors (Lipinski definition) is 2. The molecule has 20 nitrogen and oxygen atoms in total. The number of aromatic nitrogens is 5. The zero-order valence-corrected chi connectivity index (χ0v) is 42.5. The molecule has 21 heteroatoms. The molecule has 382 valence electrons. The number of hydrogen-bond acceptors (Lipinski definition) is 16. The van der Waals surface area contributed by atoms with Gasteiger partial charge in [0.2, 0.25) is 17.7 Å². The summed E-state index contributed by atoms with van der Waals surface area (Å²) in [4.78, 5) is 103. The van der Waals surface area contributed by atoms with Crippen LogP contribution in [0.5, 0.6) is 0 Å². The van der Waals surface area contributed by atoms with Crippen molar-refractivity contribution < 1.29 is 57.2 Å². The molecule has 3 aromatic heterocycles. The highest BCUT2D eigenvalue weighted by Crippen LogP contribution is 2.59. The van der Waals surface area contributed by atoms with E-state index in [0.29, 0.717) is 84.5 Å². The number of methoxy groups -OCH3 is 1. The van der Waals surface area contributed by atoms with E-state index >= 15 is 0 Å². The Bertz CT molecular complexity index is 2560.